The monoisotopic (exact) mass is 1060 g/mol. The Labute approximate surface area is 452 Å². The molecule has 0 unspecified atom stereocenters. The highest BCUT2D eigenvalue weighted by molar-refractivity contribution is 6.36. The molecule has 0 atom stereocenters. The summed E-state index contributed by atoms with van der Waals surface area (Å²) >= 11 is 6.28. The molecular weight excluding hydrogens is 1000 g/mol. The number of nitrogens with one attached hydrogen (secondary N) is 1. The molecule has 0 radical (unpaired) electrons. The van der Waals surface area contributed by atoms with Crippen molar-refractivity contribution in [1.29, 1.82) is 0 Å². The lowest BCUT2D eigenvalue weighted by Crippen LogP contribution is -2.36. The summed E-state index contributed by atoms with van der Waals surface area (Å²) in [6.45, 7) is 28.8. The van der Waals surface area contributed by atoms with Crippen LogP contribution >= 0.6 is 11.6 Å². The lowest BCUT2D eigenvalue weighted by Gasteiger charge is -2.30. The van der Waals surface area contributed by atoms with Gasteiger partial charge >= 0.3 is 0 Å². The summed E-state index contributed by atoms with van der Waals surface area (Å²) < 4.78 is 68.3. The number of nitrogens with zero attached hydrogens (tertiary/aromatic N) is 7. The maximum absolute atomic E-state index is 15.6. The fraction of sp³-hybridized carbons (Fsp3) is 0.290. The number of halogens is 5. The van der Waals surface area contributed by atoms with Gasteiger partial charge in [0.1, 0.15) is 23.3 Å². The first kappa shape index (κ1) is 53.0. The zero-order chi connectivity index (χ0) is 54.3. The number of rotatable bonds is 7. The number of hydrogen-bond donors (Lipinski definition) is 1. The first-order valence-electron chi connectivity index (χ1n) is 25.8. The highest BCUT2D eigenvalue weighted by Gasteiger charge is 2.40. The second-order valence-electron chi connectivity index (χ2n) is 21.1. The number of aromatic nitrogens is 4. The van der Waals surface area contributed by atoms with Crippen molar-refractivity contribution in [2.24, 2.45) is 0 Å². The van der Waals surface area contributed by atoms with E-state index in [2.05, 4.69) is 83.0 Å². The van der Waals surface area contributed by atoms with Crippen molar-refractivity contribution in [2.75, 3.05) is 85.7 Å². The van der Waals surface area contributed by atoms with E-state index in [0.29, 0.717) is 58.9 Å². The minimum absolute atomic E-state index is 0.130. The van der Waals surface area contributed by atoms with E-state index < -0.39 is 23.3 Å². The van der Waals surface area contributed by atoms with Crippen molar-refractivity contribution in [2.45, 2.75) is 52.4 Å². The van der Waals surface area contributed by atoms with Crippen molar-refractivity contribution in [3.8, 4) is 0 Å². The van der Waals surface area contributed by atoms with Gasteiger partial charge in [0.15, 0.2) is 0 Å². The Morgan fingerprint density at radius 1 is 0.610 bits per heavy atom. The zero-order valence-corrected chi connectivity index (χ0v) is 45.0. The Morgan fingerprint density at radius 2 is 1.09 bits per heavy atom. The second-order valence-corrected chi connectivity index (χ2v) is 21.5. The summed E-state index contributed by atoms with van der Waals surface area (Å²) in [5.74, 6) is -2.70. The number of benzene rings is 4. The molecule has 4 aromatic heterocycles. The van der Waals surface area contributed by atoms with Crippen LogP contribution in [0.3, 0.4) is 0 Å². The normalized spacial score (nSPS) is 16.2. The van der Waals surface area contributed by atoms with Crippen LogP contribution in [0.5, 0.6) is 0 Å². The molecule has 8 heterocycles. The van der Waals surface area contributed by atoms with Crippen LogP contribution in [0.2, 0.25) is 5.02 Å². The summed E-state index contributed by atoms with van der Waals surface area (Å²) in [6.07, 6.45) is 3.92. The first-order chi connectivity index (χ1) is 36.9. The summed E-state index contributed by atoms with van der Waals surface area (Å²) in [4.78, 5) is 25.4. The van der Waals surface area contributed by atoms with Gasteiger partial charge in [0.05, 0.1) is 117 Å². The third-order valence-corrected chi connectivity index (χ3v) is 15.3. The third kappa shape index (κ3) is 10.6. The van der Waals surface area contributed by atoms with E-state index in [9.17, 15) is 13.2 Å². The predicted molar refractivity (Wildman–Crippen MR) is 303 cm³/mol. The van der Waals surface area contributed by atoms with E-state index in [1.807, 2.05) is 80.0 Å². The number of anilines is 5. The summed E-state index contributed by atoms with van der Waals surface area (Å²) in [7, 11) is 0. The molecule has 2 saturated heterocycles. The Morgan fingerprint density at radius 3 is 1.64 bits per heavy atom. The van der Waals surface area contributed by atoms with E-state index in [0.717, 1.165) is 91.8 Å². The van der Waals surface area contributed by atoms with E-state index in [1.165, 1.54) is 29.2 Å². The molecule has 0 spiro atoms. The van der Waals surface area contributed by atoms with Gasteiger partial charge in [0.25, 0.3) is 0 Å². The smallest absolute Gasteiger partial charge is 0.137 e. The molecule has 2 fully saturated rings. The fourth-order valence-electron chi connectivity index (χ4n) is 10.7. The van der Waals surface area contributed by atoms with Gasteiger partial charge in [-0.25, -0.2) is 27.5 Å². The molecule has 396 valence electrons. The molecule has 0 aliphatic carbocycles. The van der Waals surface area contributed by atoms with Crippen molar-refractivity contribution in [1.82, 2.24) is 19.9 Å². The van der Waals surface area contributed by atoms with Crippen LogP contribution in [0.4, 0.5) is 46.0 Å². The van der Waals surface area contributed by atoms with Gasteiger partial charge in [0, 0.05) is 85.5 Å². The molecule has 12 rings (SSSR count). The van der Waals surface area contributed by atoms with Crippen molar-refractivity contribution in [3.05, 3.63) is 196 Å². The molecule has 0 amide bonds. The number of ether oxygens (including phenoxy) is 2. The molecule has 15 heteroatoms. The average molecular weight is 1060 g/mol. The van der Waals surface area contributed by atoms with Crippen molar-refractivity contribution >= 4 is 73.0 Å². The van der Waals surface area contributed by atoms with Gasteiger partial charge in [-0.3, -0.25) is 9.97 Å². The molecule has 10 nitrogen and oxygen atoms in total. The largest absolute Gasteiger partial charge is 0.383 e. The van der Waals surface area contributed by atoms with Gasteiger partial charge in [-0.15, -0.1) is 0 Å². The van der Waals surface area contributed by atoms with Crippen molar-refractivity contribution < 1.29 is 27.0 Å². The fourth-order valence-corrected chi connectivity index (χ4v) is 10.9. The second kappa shape index (κ2) is 21.6. The predicted octanol–water partition coefficient (Wildman–Crippen LogP) is 13.7. The molecule has 4 aliphatic rings. The average Bonchev–Trinajstić information content (AvgIpc) is 3.89. The van der Waals surface area contributed by atoms with Gasteiger partial charge in [-0.2, -0.15) is 0 Å². The number of morpholine rings is 2. The highest BCUT2D eigenvalue weighted by atomic mass is 35.5. The van der Waals surface area contributed by atoms with Gasteiger partial charge < -0.3 is 29.5 Å². The topological polar surface area (TPSA) is 91.8 Å². The van der Waals surface area contributed by atoms with Crippen LogP contribution in [-0.2, 0) is 20.3 Å². The molecule has 4 aliphatic heterocycles. The van der Waals surface area contributed by atoms with E-state index in [1.54, 1.807) is 6.92 Å². The van der Waals surface area contributed by atoms with E-state index in [-0.39, 0.29) is 32.3 Å². The summed E-state index contributed by atoms with van der Waals surface area (Å²) in [6, 6.07) is 27.8. The molecular formula is C62H61ClF4N8O2. The molecule has 4 aromatic carbocycles. The van der Waals surface area contributed by atoms with Crippen molar-refractivity contribution in [3.63, 3.8) is 0 Å². The van der Waals surface area contributed by atoms with Crippen LogP contribution in [0.1, 0.15) is 72.7 Å². The molecule has 77 heavy (non-hydrogen) atoms. The number of hydrogen-bond acceptors (Lipinski definition) is 10. The molecule has 8 aromatic rings. The van der Waals surface area contributed by atoms with Crippen LogP contribution in [0.15, 0.2) is 123 Å². The van der Waals surface area contributed by atoms with Crippen LogP contribution in [0, 0.1) is 37.1 Å². The lowest BCUT2D eigenvalue weighted by atomic mass is 9.91. The Balaban J connectivity index is 0.000000145. The lowest BCUT2D eigenvalue weighted by molar-refractivity contribution is 0.122. The number of fused-ring (bicyclic) bond motifs is 4. The highest BCUT2D eigenvalue weighted by Crippen LogP contribution is 2.49. The Hall–Kier alpha value is -7.39. The Bertz CT molecular complexity index is 3570. The quantitative estimate of drug-likeness (QED) is 0.156. The third-order valence-electron chi connectivity index (χ3n) is 14.8. The SMILES string of the molecule is C=C(c1ccccc1)c1nc2cc(F)cc(F)c2c(Cl)c1C.C=C(c1ccccc1)c1nc2cc(F)cc(F)c2c(N2CC(C)(C)c3ncc(N4CCOCC4)cc32)c1C.CC1(C)CNc2cc(N3CCOCC3)cnc21. The first-order valence-corrected chi connectivity index (χ1v) is 26.2. The van der Waals surface area contributed by atoms with Crippen LogP contribution in [-0.4, -0.2) is 85.6 Å². The maximum atomic E-state index is 15.6. The Kier molecular flexibility index (Phi) is 14.8. The van der Waals surface area contributed by atoms with E-state index in [4.69, 9.17) is 31.0 Å². The van der Waals surface area contributed by atoms with Crippen LogP contribution in [0.25, 0.3) is 33.0 Å². The minimum Gasteiger partial charge on any atom is -0.383 e. The summed E-state index contributed by atoms with van der Waals surface area (Å²) in [5.41, 5.74) is 13.2. The minimum atomic E-state index is -0.715. The molecule has 0 saturated carbocycles. The maximum Gasteiger partial charge on any atom is 0.137 e. The van der Waals surface area contributed by atoms with Gasteiger partial charge in [-0.1, -0.05) is 113 Å². The zero-order valence-electron chi connectivity index (χ0n) is 44.2. The molecule has 0 bridgehead atoms. The van der Waals surface area contributed by atoms with Gasteiger partial charge in [0.2, 0.25) is 0 Å². The van der Waals surface area contributed by atoms with E-state index >= 15 is 4.39 Å². The standard InChI is InChI=1S/C31H30F2N4O.C18H12ClF2N.C13H19N3O/c1-19(21-8-6-5-7-9-21)28-20(2)29(27-24(33)14-22(32)15-25(27)35-28)37-18-31(3,4)30-26(37)16-23(17-34-30)36-10-12-38-13-11-36;1-10(12-6-4-3-5-7-12)18-11(2)17(19)16-14(21)8-13(20)9-15(16)22-18;1-13(2)9-15-11-7-10(8-14-12(11)13)16-3-5-17-6-4-16/h5-9,14-17H,1,10-13,18H2,2-4H3;3-9H,1H2,2H3;7-8,15H,3-6,9H2,1-2H3. The van der Waals surface area contributed by atoms with Crippen LogP contribution < -0.4 is 20.0 Å². The number of pyridine rings is 4. The summed E-state index contributed by atoms with van der Waals surface area (Å²) in [5, 5.41) is 4.11. The molecule has 1 N–H and O–H groups in total. The van der Waals surface area contributed by atoms with Gasteiger partial charge in [-0.05, 0) is 48.2 Å².